The third kappa shape index (κ3) is 3.40. The maximum atomic E-state index is 12.3. The van der Waals surface area contributed by atoms with E-state index in [1.54, 1.807) is 30.4 Å². The van der Waals surface area contributed by atoms with Crippen LogP contribution >= 0.6 is 11.3 Å². The van der Waals surface area contributed by atoms with Gasteiger partial charge in [0.05, 0.1) is 12.2 Å². The number of hydrogen-bond acceptors (Lipinski definition) is 5. The van der Waals surface area contributed by atoms with Crippen molar-refractivity contribution in [1.29, 1.82) is 0 Å². The van der Waals surface area contributed by atoms with Crippen molar-refractivity contribution in [3.63, 3.8) is 0 Å². The zero-order valence-electron chi connectivity index (χ0n) is 12.5. The van der Waals surface area contributed by atoms with Crippen LogP contribution in [0, 0.1) is 0 Å². The predicted octanol–water partition coefficient (Wildman–Crippen LogP) is 1.70. The molecule has 2 heterocycles. The van der Waals surface area contributed by atoms with E-state index < -0.39 is 6.04 Å². The molecule has 2 N–H and O–H groups in total. The van der Waals surface area contributed by atoms with Crippen molar-refractivity contribution in [2.75, 3.05) is 5.01 Å². The Bertz CT molecular complexity index is 728. The van der Waals surface area contributed by atoms with Gasteiger partial charge in [-0.2, -0.15) is 0 Å². The molecule has 1 aliphatic rings. The normalized spacial score (nSPS) is 17.4. The molecule has 118 valence electrons. The first-order chi connectivity index (χ1) is 11.1. The number of para-hydroxylation sites is 1. The van der Waals surface area contributed by atoms with Crippen molar-refractivity contribution in [1.82, 2.24) is 10.7 Å². The van der Waals surface area contributed by atoms with E-state index in [1.807, 2.05) is 35.7 Å². The molecule has 0 bridgehead atoms. The van der Waals surface area contributed by atoms with Crippen LogP contribution < -0.4 is 15.8 Å². The minimum absolute atomic E-state index is 0.137. The van der Waals surface area contributed by atoms with Gasteiger partial charge >= 0.3 is 0 Å². The summed E-state index contributed by atoms with van der Waals surface area (Å²) in [5.41, 5.74) is 3.47. The van der Waals surface area contributed by atoms with Crippen molar-refractivity contribution in [3.05, 3.63) is 52.7 Å². The van der Waals surface area contributed by atoms with Gasteiger partial charge in [-0.1, -0.05) is 24.3 Å². The van der Waals surface area contributed by atoms with Crippen molar-refractivity contribution in [2.45, 2.75) is 19.5 Å². The van der Waals surface area contributed by atoms with E-state index in [0.29, 0.717) is 12.2 Å². The third-order valence-electron chi connectivity index (χ3n) is 3.35. The number of benzene rings is 1. The average Bonchev–Trinajstić information content (AvgIpc) is 3.09. The summed E-state index contributed by atoms with van der Waals surface area (Å²) < 4.78 is 0. The standard InChI is InChI=1S/C16H16N4O2S/c1-11-16(22)20(12-6-3-2-4-7-12)19-14(18-11)15(21)17-10-13-8-5-9-23-13/h2-9,11H,10H2,1H3,(H,17,21)(H,18,19)/t11-/m0/s1. The Labute approximate surface area is 137 Å². The molecule has 6 nitrogen and oxygen atoms in total. The van der Waals surface area contributed by atoms with Gasteiger partial charge in [0.1, 0.15) is 6.04 Å². The molecule has 1 aliphatic heterocycles. The van der Waals surface area contributed by atoms with E-state index in [-0.39, 0.29) is 17.6 Å². The summed E-state index contributed by atoms with van der Waals surface area (Å²) in [6.07, 6.45) is 0. The molecule has 2 amide bonds. The van der Waals surface area contributed by atoms with Gasteiger partial charge in [-0.15, -0.1) is 11.3 Å². The molecule has 1 aromatic heterocycles. The second-order valence-electron chi connectivity index (χ2n) is 5.04. The molecule has 3 rings (SSSR count). The van der Waals surface area contributed by atoms with E-state index in [2.05, 4.69) is 15.7 Å². The molecule has 1 aromatic carbocycles. The molecule has 0 saturated heterocycles. The number of carbonyl (C=O) groups excluding carboxylic acids is 2. The first-order valence-corrected chi connectivity index (χ1v) is 8.07. The van der Waals surface area contributed by atoms with E-state index >= 15 is 0 Å². The van der Waals surface area contributed by atoms with Crippen LogP contribution in [0.1, 0.15) is 11.8 Å². The molecule has 0 spiro atoms. The van der Waals surface area contributed by atoms with Crippen molar-refractivity contribution >= 4 is 34.7 Å². The summed E-state index contributed by atoms with van der Waals surface area (Å²) in [6.45, 7) is 2.11. The second-order valence-corrected chi connectivity index (χ2v) is 6.07. The Kier molecular flexibility index (Phi) is 4.38. The minimum Gasteiger partial charge on any atom is -0.344 e. The van der Waals surface area contributed by atoms with Crippen molar-refractivity contribution in [2.24, 2.45) is 4.99 Å². The van der Waals surface area contributed by atoms with Gasteiger partial charge in [0.2, 0.25) is 5.84 Å². The molecule has 7 heteroatoms. The van der Waals surface area contributed by atoms with E-state index in [0.717, 1.165) is 4.88 Å². The van der Waals surface area contributed by atoms with Crippen LogP contribution in [0.15, 0.2) is 52.8 Å². The summed E-state index contributed by atoms with van der Waals surface area (Å²) in [5, 5.41) is 6.12. The first kappa shape index (κ1) is 15.2. The van der Waals surface area contributed by atoms with Gasteiger partial charge in [0.15, 0.2) is 0 Å². The molecule has 2 aromatic rings. The Morgan fingerprint density at radius 3 is 2.78 bits per heavy atom. The van der Waals surface area contributed by atoms with Crippen molar-refractivity contribution in [3.8, 4) is 0 Å². The maximum absolute atomic E-state index is 12.3. The molecular formula is C16H16N4O2S. The fraction of sp³-hybridized carbons (Fsp3) is 0.188. The van der Waals surface area contributed by atoms with Crippen LogP contribution in [0.25, 0.3) is 0 Å². The highest BCUT2D eigenvalue weighted by molar-refractivity contribution is 7.09. The second kappa shape index (κ2) is 6.62. The number of amidine groups is 1. The Hall–Kier alpha value is -2.67. The molecular weight excluding hydrogens is 312 g/mol. The van der Waals surface area contributed by atoms with Gasteiger partial charge in [0, 0.05) is 4.88 Å². The Balaban J connectivity index is 1.73. The lowest BCUT2D eigenvalue weighted by molar-refractivity contribution is -0.120. The number of hydrogen-bond donors (Lipinski definition) is 2. The number of carbonyl (C=O) groups is 2. The SMILES string of the molecule is C[C@@H]1N=C(C(=O)NCc2cccs2)NN(c2ccccc2)C1=O. The number of hydrazine groups is 1. The summed E-state index contributed by atoms with van der Waals surface area (Å²) in [5.74, 6) is -0.401. The van der Waals surface area contributed by atoms with Crippen LogP contribution in [-0.2, 0) is 16.1 Å². The quantitative estimate of drug-likeness (QED) is 0.897. The van der Waals surface area contributed by atoms with Gasteiger partial charge in [-0.3, -0.25) is 15.0 Å². The van der Waals surface area contributed by atoms with Gasteiger partial charge in [-0.25, -0.2) is 10.0 Å². The fourth-order valence-electron chi connectivity index (χ4n) is 2.17. The number of rotatable bonds is 4. The molecule has 0 saturated carbocycles. The van der Waals surface area contributed by atoms with Crippen molar-refractivity contribution < 1.29 is 9.59 Å². The lowest BCUT2D eigenvalue weighted by Gasteiger charge is -2.30. The summed E-state index contributed by atoms with van der Waals surface area (Å²) >= 11 is 1.57. The summed E-state index contributed by atoms with van der Waals surface area (Å²) in [7, 11) is 0. The number of anilines is 1. The van der Waals surface area contributed by atoms with Crippen LogP contribution in [0.3, 0.4) is 0 Å². The average molecular weight is 328 g/mol. The number of nitrogens with zero attached hydrogens (tertiary/aromatic N) is 2. The van der Waals surface area contributed by atoms with Gasteiger partial charge in [0.25, 0.3) is 11.8 Å². The molecule has 0 unspecified atom stereocenters. The lowest BCUT2D eigenvalue weighted by atomic mass is 10.2. The van der Waals surface area contributed by atoms with E-state index in [4.69, 9.17) is 0 Å². The monoisotopic (exact) mass is 328 g/mol. The summed E-state index contributed by atoms with van der Waals surface area (Å²) in [6, 6.07) is 12.4. The first-order valence-electron chi connectivity index (χ1n) is 7.19. The molecule has 23 heavy (non-hydrogen) atoms. The fourth-order valence-corrected chi connectivity index (χ4v) is 2.81. The van der Waals surface area contributed by atoms with E-state index in [1.165, 1.54) is 5.01 Å². The topological polar surface area (TPSA) is 73.8 Å². The van der Waals surface area contributed by atoms with Crippen LogP contribution in [-0.4, -0.2) is 23.7 Å². The smallest absolute Gasteiger partial charge is 0.288 e. The number of aliphatic imine (C=N–C) groups is 1. The highest BCUT2D eigenvalue weighted by atomic mass is 32.1. The molecule has 0 aliphatic carbocycles. The third-order valence-corrected chi connectivity index (χ3v) is 4.23. The lowest BCUT2D eigenvalue weighted by Crippen LogP contribution is -2.57. The maximum Gasteiger partial charge on any atom is 0.288 e. The molecule has 0 radical (unpaired) electrons. The number of nitrogens with one attached hydrogen (secondary N) is 2. The van der Waals surface area contributed by atoms with Gasteiger partial charge < -0.3 is 5.32 Å². The minimum atomic E-state index is -0.612. The summed E-state index contributed by atoms with van der Waals surface area (Å²) in [4.78, 5) is 29.7. The predicted molar refractivity (Wildman–Crippen MR) is 90.1 cm³/mol. The van der Waals surface area contributed by atoms with E-state index in [9.17, 15) is 9.59 Å². The molecule has 1 atom stereocenters. The Morgan fingerprint density at radius 2 is 2.09 bits per heavy atom. The highest BCUT2D eigenvalue weighted by Crippen LogP contribution is 2.16. The Morgan fingerprint density at radius 1 is 1.30 bits per heavy atom. The van der Waals surface area contributed by atoms with Crippen LogP contribution in [0.5, 0.6) is 0 Å². The zero-order valence-corrected chi connectivity index (χ0v) is 13.3. The number of amides is 2. The van der Waals surface area contributed by atoms with Crippen LogP contribution in [0.2, 0.25) is 0 Å². The van der Waals surface area contributed by atoms with Crippen LogP contribution in [0.4, 0.5) is 5.69 Å². The van der Waals surface area contributed by atoms with Gasteiger partial charge in [-0.05, 0) is 30.5 Å². The molecule has 0 fully saturated rings. The zero-order chi connectivity index (χ0) is 16.2. The number of thiophene rings is 1. The largest absolute Gasteiger partial charge is 0.344 e. The highest BCUT2D eigenvalue weighted by Gasteiger charge is 2.30.